The summed E-state index contributed by atoms with van der Waals surface area (Å²) in [6.07, 6.45) is 0.590. The minimum Gasteiger partial charge on any atom is -0.506 e. The van der Waals surface area contributed by atoms with Gasteiger partial charge in [-0.15, -0.1) is 0 Å². The molecule has 4 nitrogen and oxygen atoms in total. The maximum absolute atomic E-state index is 11.5. The summed E-state index contributed by atoms with van der Waals surface area (Å²) < 4.78 is 32.4. The van der Waals surface area contributed by atoms with Crippen LogP contribution in [-0.4, -0.2) is 18.1 Å². The maximum Gasteiger partial charge on any atom is 0.298 e. The molecule has 19 heavy (non-hydrogen) atoms. The topological polar surface area (TPSA) is 74.6 Å². The van der Waals surface area contributed by atoms with E-state index in [2.05, 4.69) is 0 Å². The van der Waals surface area contributed by atoms with Gasteiger partial charge in [-0.25, -0.2) is 0 Å². The first-order valence-electron chi connectivity index (χ1n) is 5.83. The van der Waals surface area contributed by atoms with E-state index in [-0.39, 0.29) is 0 Å². The molecule has 0 heterocycles. The van der Waals surface area contributed by atoms with E-state index in [1.165, 1.54) is 6.07 Å². The summed E-state index contributed by atoms with van der Waals surface area (Å²) in [6.45, 7) is 1.88. The Morgan fingerprint density at radius 3 is 2.21 bits per heavy atom. The molecule has 0 saturated heterocycles. The number of phenols is 1. The number of aromatic hydroxyl groups is 1. The lowest BCUT2D eigenvalue weighted by Gasteiger charge is -2.13. The third-order valence-electron chi connectivity index (χ3n) is 2.92. The monoisotopic (exact) mass is 278 g/mol. The van der Waals surface area contributed by atoms with Crippen LogP contribution >= 0.6 is 0 Å². The highest BCUT2D eigenvalue weighted by molar-refractivity contribution is 7.86. The van der Waals surface area contributed by atoms with Crippen molar-refractivity contribution in [3.63, 3.8) is 0 Å². The molecule has 2 N–H and O–H groups in total. The minimum atomic E-state index is -4.49. The molecule has 0 aliphatic carbocycles. The van der Waals surface area contributed by atoms with Crippen molar-refractivity contribution in [1.82, 2.24) is 0 Å². The third kappa shape index (κ3) is 2.62. The van der Waals surface area contributed by atoms with Gasteiger partial charge in [-0.1, -0.05) is 43.3 Å². The van der Waals surface area contributed by atoms with Gasteiger partial charge in [0.15, 0.2) is 0 Å². The van der Waals surface area contributed by atoms with Crippen LogP contribution in [-0.2, 0) is 16.5 Å². The predicted octanol–water partition coefficient (Wildman–Crippen LogP) is 2.87. The molecule has 0 radical (unpaired) electrons. The molecule has 0 unspecified atom stereocenters. The van der Waals surface area contributed by atoms with Gasteiger partial charge in [0.2, 0.25) is 0 Å². The van der Waals surface area contributed by atoms with Gasteiger partial charge in [0.1, 0.15) is 10.6 Å². The smallest absolute Gasteiger partial charge is 0.298 e. The number of benzene rings is 2. The lowest BCUT2D eigenvalue weighted by Crippen LogP contribution is -2.04. The highest BCUT2D eigenvalue weighted by Gasteiger charge is 2.23. The van der Waals surface area contributed by atoms with Crippen molar-refractivity contribution in [2.45, 2.75) is 18.2 Å². The molecule has 0 aromatic heterocycles. The standard InChI is InChI=1S/C14H14O4S/c1-2-10-8-9-12(15)14(19(16,17)18)13(10)11-6-4-3-5-7-11/h3-9,15H,2H2,1H3,(H,16,17,18). The molecule has 0 fully saturated rings. The van der Waals surface area contributed by atoms with Crippen LogP contribution in [0.4, 0.5) is 0 Å². The van der Waals surface area contributed by atoms with E-state index >= 15 is 0 Å². The molecule has 0 bridgehead atoms. The van der Waals surface area contributed by atoms with Gasteiger partial charge >= 0.3 is 0 Å². The molecule has 0 atom stereocenters. The molecule has 100 valence electrons. The normalized spacial score (nSPS) is 11.5. The molecule has 2 aromatic rings. The SMILES string of the molecule is CCc1ccc(O)c(S(=O)(=O)O)c1-c1ccccc1. The maximum atomic E-state index is 11.5. The Balaban J connectivity index is 2.88. The van der Waals surface area contributed by atoms with Gasteiger partial charge in [0.05, 0.1) is 0 Å². The second-order valence-corrected chi connectivity index (χ2v) is 5.50. The van der Waals surface area contributed by atoms with Crippen LogP contribution in [0.2, 0.25) is 0 Å². The van der Waals surface area contributed by atoms with Gasteiger partial charge in [0, 0.05) is 5.56 Å². The fourth-order valence-corrected chi connectivity index (χ4v) is 2.93. The molecule has 0 aliphatic rings. The minimum absolute atomic E-state index is 0.352. The van der Waals surface area contributed by atoms with Gasteiger partial charge < -0.3 is 5.11 Å². The molecule has 0 saturated carbocycles. The Morgan fingerprint density at radius 1 is 1.05 bits per heavy atom. The molecular formula is C14H14O4S. The lowest BCUT2D eigenvalue weighted by atomic mass is 9.97. The van der Waals surface area contributed by atoms with Crippen LogP contribution in [0.15, 0.2) is 47.4 Å². The van der Waals surface area contributed by atoms with Gasteiger partial charge in [-0.05, 0) is 23.6 Å². The van der Waals surface area contributed by atoms with Crippen molar-refractivity contribution < 1.29 is 18.1 Å². The Hall–Kier alpha value is -1.85. The average Bonchev–Trinajstić information content (AvgIpc) is 2.38. The number of rotatable bonds is 3. The summed E-state index contributed by atoms with van der Waals surface area (Å²) in [7, 11) is -4.49. The summed E-state index contributed by atoms with van der Waals surface area (Å²) in [5, 5.41) is 9.77. The van der Waals surface area contributed by atoms with Crippen molar-refractivity contribution in [2.24, 2.45) is 0 Å². The van der Waals surface area contributed by atoms with Crippen molar-refractivity contribution in [1.29, 1.82) is 0 Å². The van der Waals surface area contributed by atoms with Crippen LogP contribution in [0.25, 0.3) is 11.1 Å². The molecule has 0 spiro atoms. The molecule has 2 rings (SSSR count). The summed E-state index contributed by atoms with van der Waals surface area (Å²) in [4.78, 5) is -0.432. The van der Waals surface area contributed by atoms with Crippen LogP contribution in [0.5, 0.6) is 5.75 Å². The zero-order valence-electron chi connectivity index (χ0n) is 10.4. The summed E-state index contributed by atoms with van der Waals surface area (Å²) >= 11 is 0. The zero-order chi connectivity index (χ0) is 14.0. The Morgan fingerprint density at radius 2 is 1.68 bits per heavy atom. The van der Waals surface area contributed by atoms with Gasteiger partial charge in [0.25, 0.3) is 10.1 Å². The van der Waals surface area contributed by atoms with E-state index < -0.39 is 20.8 Å². The average molecular weight is 278 g/mol. The number of hydrogen-bond acceptors (Lipinski definition) is 3. The lowest BCUT2D eigenvalue weighted by molar-refractivity contribution is 0.443. The Kier molecular flexibility index (Phi) is 3.59. The van der Waals surface area contributed by atoms with E-state index in [4.69, 9.17) is 0 Å². The fourth-order valence-electron chi connectivity index (χ4n) is 2.09. The summed E-state index contributed by atoms with van der Waals surface area (Å²) in [5.74, 6) is -0.446. The highest BCUT2D eigenvalue weighted by atomic mass is 32.2. The van der Waals surface area contributed by atoms with Crippen LogP contribution < -0.4 is 0 Å². The second-order valence-electron chi connectivity index (χ2n) is 4.14. The largest absolute Gasteiger partial charge is 0.506 e. The summed E-state index contributed by atoms with van der Waals surface area (Å²) in [6, 6.07) is 11.8. The van der Waals surface area contributed by atoms with E-state index in [0.29, 0.717) is 17.5 Å². The number of aryl methyl sites for hydroxylation is 1. The zero-order valence-corrected chi connectivity index (χ0v) is 11.2. The summed E-state index contributed by atoms with van der Waals surface area (Å²) in [5.41, 5.74) is 1.74. The van der Waals surface area contributed by atoms with Crippen molar-refractivity contribution in [3.05, 3.63) is 48.0 Å². The second kappa shape index (κ2) is 5.03. The van der Waals surface area contributed by atoms with Crippen LogP contribution in [0.3, 0.4) is 0 Å². The van der Waals surface area contributed by atoms with E-state index in [9.17, 15) is 18.1 Å². The van der Waals surface area contributed by atoms with Crippen molar-refractivity contribution in [3.8, 4) is 16.9 Å². The van der Waals surface area contributed by atoms with E-state index in [1.807, 2.05) is 13.0 Å². The molecule has 2 aromatic carbocycles. The fraction of sp³-hybridized carbons (Fsp3) is 0.143. The van der Waals surface area contributed by atoms with Crippen LogP contribution in [0, 0.1) is 0 Å². The molecule has 0 amide bonds. The first-order chi connectivity index (χ1) is 8.95. The Labute approximate surface area is 112 Å². The highest BCUT2D eigenvalue weighted by Crippen LogP contribution is 2.37. The first kappa shape index (κ1) is 13.6. The quantitative estimate of drug-likeness (QED) is 0.847. The Bertz CT molecular complexity index is 691. The first-order valence-corrected chi connectivity index (χ1v) is 7.27. The van der Waals surface area contributed by atoms with Crippen molar-refractivity contribution in [2.75, 3.05) is 0 Å². The number of hydrogen-bond donors (Lipinski definition) is 2. The molecule has 5 heteroatoms. The predicted molar refractivity (Wildman–Crippen MR) is 72.7 cm³/mol. The number of phenolic OH excluding ortho intramolecular Hbond substituents is 1. The van der Waals surface area contributed by atoms with E-state index in [0.717, 1.165) is 5.56 Å². The van der Waals surface area contributed by atoms with Gasteiger partial charge in [-0.2, -0.15) is 8.42 Å². The van der Waals surface area contributed by atoms with Crippen LogP contribution in [0.1, 0.15) is 12.5 Å². The van der Waals surface area contributed by atoms with Crippen molar-refractivity contribution >= 4 is 10.1 Å². The van der Waals surface area contributed by atoms with Gasteiger partial charge in [-0.3, -0.25) is 4.55 Å². The molecule has 0 aliphatic heterocycles. The third-order valence-corrected chi connectivity index (χ3v) is 3.85. The molecular weight excluding hydrogens is 264 g/mol. The van der Waals surface area contributed by atoms with E-state index in [1.54, 1.807) is 30.3 Å².